The minimum Gasteiger partial charge on any atom is -0.469 e. The van der Waals surface area contributed by atoms with Crippen LogP contribution >= 0.6 is 0 Å². The first-order valence-electron chi connectivity index (χ1n) is 6.71. The smallest absolute Gasteiger partial charge is 0.105 e. The van der Waals surface area contributed by atoms with Crippen LogP contribution in [0.15, 0.2) is 22.8 Å². The Kier molecular flexibility index (Phi) is 3.65. The third-order valence-electron chi connectivity index (χ3n) is 4.08. The van der Waals surface area contributed by atoms with Crippen molar-refractivity contribution < 1.29 is 9.15 Å². The Morgan fingerprint density at radius 2 is 2.50 bits per heavy atom. The Bertz CT molecular complexity index is 368. The largest absolute Gasteiger partial charge is 0.469 e. The van der Waals surface area contributed by atoms with Crippen molar-refractivity contribution in [1.82, 2.24) is 10.3 Å². The number of nitrogens with two attached hydrogens (primary N) is 1. The zero-order valence-electron chi connectivity index (χ0n) is 10.5. The van der Waals surface area contributed by atoms with Gasteiger partial charge in [0, 0.05) is 19.0 Å². The number of nitrogens with one attached hydrogen (secondary N) is 1. The molecule has 2 saturated heterocycles. The number of nitrogens with zero attached hydrogens (tertiary/aromatic N) is 1. The van der Waals surface area contributed by atoms with E-state index in [1.54, 1.807) is 6.26 Å². The molecule has 3 heterocycles. The number of furan rings is 1. The highest BCUT2D eigenvalue weighted by Crippen LogP contribution is 2.24. The van der Waals surface area contributed by atoms with Gasteiger partial charge in [-0.2, -0.15) is 0 Å². The van der Waals surface area contributed by atoms with Crippen LogP contribution in [0.25, 0.3) is 0 Å². The fraction of sp³-hybridized carbons (Fsp3) is 0.692. The average molecular weight is 251 g/mol. The molecule has 0 spiro atoms. The first kappa shape index (κ1) is 12.2. The number of hydrogen-bond donors (Lipinski definition) is 2. The van der Waals surface area contributed by atoms with Crippen LogP contribution in [-0.4, -0.2) is 42.8 Å². The summed E-state index contributed by atoms with van der Waals surface area (Å²) < 4.78 is 11.3. The van der Waals surface area contributed by atoms with Gasteiger partial charge in [0.2, 0.25) is 0 Å². The summed E-state index contributed by atoms with van der Waals surface area (Å²) in [6, 6.07) is 4.62. The third kappa shape index (κ3) is 2.44. The Hall–Kier alpha value is -0.880. The molecule has 3 rings (SSSR count). The lowest BCUT2D eigenvalue weighted by molar-refractivity contribution is -0.0649. The van der Waals surface area contributed by atoms with Gasteiger partial charge in [-0.1, -0.05) is 0 Å². The zero-order valence-corrected chi connectivity index (χ0v) is 10.5. The minimum atomic E-state index is 0.109. The Morgan fingerprint density at radius 3 is 3.28 bits per heavy atom. The van der Waals surface area contributed by atoms with Crippen LogP contribution in [0.4, 0.5) is 0 Å². The summed E-state index contributed by atoms with van der Waals surface area (Å²) in [4.78, 5) is 2.53. The van der Waals surface area contributed by atoms with Crippen molar-refractivity contribution in [1.29, 1.82) is 0 Å². The summed E-state index contributed by atoms with van der Waals surface area (Å²) in [7, 11) is 0. The van der Waals surface area contributed by atoms with Crippen LogP contribution in [0.3, 0.4) is 0 Å². The molecule has 0 radical (unpaired) electrons. The topological polar surface area (TPSA) is 63.7 Å². The first-order chi connectivity index (χ1) is 8.86. The van der Waals surface area contributed by atoms with Crippen molar-refractivity contribution in [2.75, 3.05) is 19.7 Å². The normalized spacial score (nSPS) is 30.3. The summed E-state index contributed by atoms with van der Waals surface area (Å²) in [6.45, 7) is 3.00. The van der Waals surface area contributed by atoms with E-state index in [9.17, 15) is 0 Å². The van der Waals surface area contributed by atoms with Crippen LogP contribution in [0.5, 0.6) is 0 Å². The van der Waals surface area contributed by atoms with Crippen molar-refractivity contribution in [3.63, 3.8) is 0 Å². The number of rotatable bonds is 4. The molecule has 2 aliphatic heterocycles. The summed E-state index contributed by atoms with van der Waals surface area (Å²) in [6.07, 6.45) is 5.17. The van der Waals surface area contributed by atoms with Gasteiger partial charge in [-0.15, -0.1) is 0 Å². The Labute approximate surface area is 107 Å². The van der Waals surface area contributed by atoms with E-state index in [4.69, 9.17) is 15.0 Å². The van der Waals surface area contributed by atoms with E-state index in [0.29, 0.717) is 6.04 Å². The Balaban J connectivity index is 1.61. The Morgan fingerprint density at radius 1 is 1.56 bits per heavy atom. The molecule has 0 bridgehead atoms. The molecular formula is C13H21N3O2. The van der Waals surface area contributed by atoms with E-state index < -0.39 is 0 Å². The lowest BCUT2D eigenvalue weighted by Gasteiger charge is -2.38. The lowest BCUT2D eigenvalue weighted by atomic mass is 10.0. The van der Waals surface area contributed by atoms with Gasteiger partial charge < -0.3 is 9.15 Å². The summed E-state index contributed by atoms with van der Waals surface area (Å²) in [5, 5.41) is 0. The number of ether oxygens (including phenoxy) is 1. The highest BCUT2D eigenvalue weighted by molar-refractivity contribution is 5.02. The molecule has 0 amide bonds. The lowest BCUT2D eigenvalue weighted by Crippen LogP contribution is -2.56. The third-order valence-corrected chi connectivity index (χ3v) is 4.08. The van der Waals surface area contributed by atoms with Crippen LogP contribution in [-0.2, 0) is 11.2 Å². The highest BCUT2D eigenvalue weighted by Gasteiger charge is 2.35. The van der Waals surface area contributed by atoms with Crippen molar-refractivity contribution in [2.24, 2.45) is 5.84 Å². The number of hydrazine groups is 1. The van der Waals surface area contributed by atoms with E-state index in [1.165, 1.54) is 19.4 Å². The molecule has 0 aliphatic carbocycles. The summed E-state index contributed by atoms with van der Waals surface area (Å²) in [5.74, 6) is 6.62. The maximum atomic E-state index is 5.97. The van der Waals surface area contributed by atoms with E-state index in [-0.39, 0.29) is 12.1 Å². The maximum Gasteiger partial charge on any atom is 0.105 e. The predicted molar refractivity (Wildman–Crippen MR) is 67.9 cm³/mol. The van der Waals surface area contributed by atoms with Crippen molar-refractivity contribution in [3.05, 3.63) is 24.2 Å². The molecule has 2 fully saturated rings. The summed E-state index contributed by atoms with van der Waals surface area (Å²) in [5.41, 5.74) is 2.88. The van der Waals surface area contributed by atoms with Crippen molar-refractivity contribution >= 4 is 0 Å². The van der Waals surface area contributed by atoms with E-state index in [0.717, 1.165) is 25.3 Å². The SMILES string of the molecule is NNC(Cc1ccco1)C1CN2CCCC2CO1. The quantitative estimate of drug-likeness (QED) is 0.603. The highest BCUT2D eigenvalue weighted by atomic mass is 16.5. The van der Waals surface area contributed by atoms with E-state index in [2.05, 4.69) is 10.3 Å². The van der Waals surface area contributed by atoms with Gasteiger partial charge in [-0.05, 0) is 31.5 Å². The molecule has 3 atom stereocenters. The van der Waals surface area contributed by atoms with Gasteiger partial charge in [-0.25, -0.2) is 0 Å². The maximum absolute atomic E-state index is 5.97. The molecule has 0 saturated carbocycles. The molecule has 1 aromatic heterocycles. The second-order valence-electron chi connectivity index (χ2n) is 5.22. The van der Waals surface area contributed by atoms with Gasteiger partial charge in [-0.3, -0.25) is 16.2 Å². The van der Waals surface area contributed by atoms with Gasteiger partial charge in [0.05, 0.1) is 25.0 Å². The molecule has 5 heteroatoms. The number of fused-ring (bicyclic) bond motifs is 1. The fourth-order valence-electron chi connectivity index (χ4n) is 3.03. The van der Waals surface area contributed by atoms with Gasteiger partial charge in [0.25, 0.3) is 0 Å². The first-order valence-corrected chi connectivity index (χ1v) is 6.71. The molecular weight excluding hydrogens is 230 g/mol. The molecule has 2 aliphatic rings. The number of hydrogen-bond acceptors (Lipinski definition) is 5. The fourth-order valence-corrected chi connectivity index (χ4v) is 3.03. The minimum absolute atomic E-state index is 0.109. The zero-order chi connectivity index (χ0) is 12.4. The second-order valence-corrected chi connectivity index (χ2v) is 5.22. The van der Waals surface area contributed by atoms with Crippen molar-refractivity contribution in [3.8, 4) is 0 Å². The van der Waals surface area contributed by atoms with Gasteiger partial charge in [0.1, 0.15) is 5.76 Å². The van der Waals surface area contributed by atoms with Crippen molar-refractivity contribution in [2.45, 2.75) is 37.5 Å². The molecule has 100 valence electrons. The van der Waals surface area contributed by atoms with Crippen LogP contribution in [0, 0.1) is 0 Å². The number of morpholine rings is 1. The van der Waals surface area contributed by atoms with E-state index >= 15 is 0 Å². The molecule has 18 heavy (non-hydrogen) atoms. The van der Waals surface area contributed by atoms with Gasteiger partial charge >= 0.3 is 0 Å². The second kappa shape index (κ2) is 5.40. The monoisotopic (exact) mass is 251 g/mol. The molecule has 5 nitrogen and oxygen atoms in total. The standard InChI is InChI=1S/C13H21N3O2/c14-15-12(7-11-4-2-6-17-11)13-8-16-5-1-3-10(16)9-18-13/h2,4,6,10,12-13,15H,1,3,5,7-9,14H2. The molecule has 1 aromatic rings. The molecule has 3 unspecified atom stereocenters. The van der Waals surface area contributed by atoms with E-state index in [1.807, 2.05) is 12.1 Å². The average Bonchev–Trinajstić information content (AvgIpc) is 3.06. The molecule has 3 N–H and O–H groups in total. The van der Waals surface area contributed by atoms with Crippen LogP contribution in [0.2, 0.25) is 0 Å². The van der Waals surface area contributed by atoms with Gasteiger partial charge in [0.15, 0.2) is 0 Å². The summed E-state index contributed by atoms with van der Waals surface area (Å²) >= 11 is 0. The predicted octanol–water partition coefficient (Wildman–Crippen LogP) is 0.517. The van der Waals surface area contributed by atoms with Crippen LogP contribution < -0.4 is 11.3 Å². The van der Waals surface area contributed by atoms with Crippen LogP contribution in [0.1, 0.15) is 18.6 Å². The molecule has 0 aromatic carbocycles.